The Morgan fingerprint density at radius 1 is 1.19 bits per heavy atom. The van der Waals surface area contributed by atoms with Crippen LogP contribution in [0.5, 0.6) is 0 Å². The molecule has 2 N–H and O–H groups in total. The molecule has 0 spiro atoms. The van der Waals surface area contributed by atoms with Crippen molar-refractivity contribution < 1.29 is 14.3 Å². The Kier molecular flexibility index (Phi) is 9.26. The number of ether oxygens (including phenoxy) is 1. The van der Waals surface area contributed by atoms with E-state index in [1.165, 1.54) is 0 Å². The fraction of sp³-hybridized carbons (Fsp3) is 0.875. The summed E-state index contributed by atoms with van der Waals surface area (Å²) in [6.07, 6.45) is 2.01. The summed E-state index contributed by atoms with van der Waals surface area (Å²) in [7, 11) is 0. The largest absolute Gasteiger partial charge is 0.444 e. The van der Waals surface area contributed by atoms with E-state index in [1.54, 1.807) is 20.8 Å². The summed E-state index contributed by atoms with van der Waals surface area (Å²) in [6.45, 7) is 12.7. The number of rotatable bonds is 9. The Hall–Kier alpha value is -1.10. The third-order valence-electron chi connectivity index (χ3n) is 2.78. The second-order valence-corrected chi connectivity index (χ2v) is 6.83. The van der Waals surface area contributed by atoms with Gasteiger partial charge in [0.05, 0.1) is 12.6 Å². The summed E-state index contributed by atoms with van der Waals surface area (Å²) in [5.41, 5.74) is -0.557. The molecule has 5 heteroatoms. The van der Waals surface area contributed by atoms with Crippen LogP contribution in [-0.4, -0.2) is 36.6 Å². The lowest BCUT2D eigenvalue weighted by atomic mass is 10.1. The molecule has 0 aliphatic rings. The molecule has 0 saturated carbocycles. The highest BCUT2D eigenvalue weighted by Crippen LogP contribution is 2.08. The number of unbranched alkanes of at least 4 members (excludes halogenated alkanes) is 1. The van der Waals surface area contributed by atoms with Crippen molar-refractivity contribution in [1.82, 2.24) is 10.6 Å². The minimum atomic E-state index is -0.557. The van der Waals surface area contributed by atoms with Crippen molar-refractivity contribution in [3.8, 4) is 0 Å². The average Bonchev–Trinajstić information content (AvgIpc) is 2.31. The molecular weight excluding hydrogens is 268 g/mol. The van der Waals surface area contributed by atoms with E-state index in [9.17, 15) is 9.59 Å². The van der Waals surface area contributed by atoms with Gasteiger partial charge in [-0.3, -0.25) is 4.79 Å². The Morgan fingerprint density at radius 2 is 1.81 bits per heavy atom. The topological polar surface area (TPSA) is 67.4 Å². The second-order valence-electron chi connectivity index (χ2n) is 6.83. The number of alkyl carbamates (subject to hydrolysis) is 1. The summed E-state index contributed by atoms with van der Waals surface area (Å²) in [5, 5.41) is 5.82. The standard InChI is InChI=1S/C16H32N2O3/c1-7-8-9-13(14(19)11-17-10-12(2)3)18-15(20)21-16(4,5)6/h12-13,17H,7-11H2,1-6H3,(H,18,20). The molecule has 1 amide bonds. The van der Waals surface area contributed by atoms with Gasteiger partial charge >= 0.3 is 6.09 Å². The van der Waals surface area contributed by atoms with Crippen molar-refractivity contribution in [3.05, 3.63) is 0 Å². The van der Waals surface area contributed by atoms with Crippen LogP contribution in [0, 0.1) is 5.92 Å². The zero-order chi connectivity index (χ0) is 16.5. The molecule has 0 aromatic heterocycles. The van der Waals surface area contributed by atoms with E-state index < -0.39 is 17.7 Å². The van der Waals surface area contributed by atoms with Crippen LogP contribution in [0.25, 0.3) is 0 Å². The van der Waals surface area contributed by atoms with Crippen LogP contribution in [0.2, 0.25) is 0 Å². The summed E-state index contributed by atoms with van der Waals surface area (Å²) < 4.78 is 5.22. The number of Topliss-reactive ketones (excluding diaryl/α,β-unsaturated/α-hetero) is 1. The van der Waals surface area contributed by atoms with Gasteiger partial charge in [-0.25, -0.2) is 4.79 Å². The highest BCUT2D eigenvalue weighted by molar-refractivity contribution is 5.88. The van der Waals surface area contributed by atoms with E-state index in [-0.39, 0.29) is 12.3 Å². The first kappa shape index (κ1) is 19.9. The molecule has 0 heterocycles. The number of carbonyl (C=O) groups is 2. The lowest BCUT2D eigenvalue weighted by molar-refractivity contribution is -0.120. The van der Waals surface area contributed by atoms with E-state index in [4.69, 9.17) is 4.74 Å². The minimum absolute atomic E-state index is 0.00922. The monoisotopic (exact) mass is 300 g/mol. The van der Waals surface area contributed by atoms with Gasteiger partial charge in [-0.2, -0.15) is 0 Å². The van der Waals surface area contributed by atoms with Gasteiger partial charge < -0.3 is 15.4 Å². The maximum atomic E-state index is 12.2. The molecule has 0 fully saturated rings. The van der Waals surface area contributed by atoms with Crippen molar-refractivity contribution in [2.45, 2.75) is 72.4 Å². The summed E-state index contributed by atoms with van der Waals surface area (Å²) in [4.78, 5) is 24.0. The average molecular weight is 300 g/mol. The number of carbonyl (C=O) groups excluding carboxylic acids is 2. The van der Waals surface area contributed by atoms with Crippen LogP contribution < -0.4 is 10.6 Å². The van der Waals surface area contributed by atoms with Crippen LogP contribution in [0.15, 0.2) is 0 Å². The lowest BCUT2D eigenvalue weighted by Crippen LogP contribution is -2.46. The predicted octanol–water partition coefficient (Wildman–Crippen LogP) is 2.88. The number of amides is 1. The van der Waals surface area contributed by atoms with Gasteiger partial charge in [-0.15, -0.1) is 0 Å². The van der Waals surface area contributed by atoms with Gasteiger partial charge in [0.25, 0.3) is 0 Å². The molecule has 0 aliphatic heterocycles. The Bertz CT molecular complexity index is 322. The zero-order valence-electron chi connectivity index (χ0n) is 14.4. The number of hydrogen-bond donors (Lipinski definition) is 2. The molecular formula is C16H32N2O3. The molecule has 1 unspecified atom stereocenters. The molecule has 1 atom stereocenters. The molecule has 0 radical (unpaired) electrons. The van der Waals surface area contributed by atoms with E-state index in [0.717, 1.165) is 19.4 Å². The highest BCUT2D eigenvalue weighted by Gasteiger charge is 2.23. The molecule has 0 rings (SSSR count). The Balaban J connectivity index is 4.42. The van der Waals surface area contributed by atoms with Crippen LogP contribution in [0.4, 0.5) is 4.79 Å². The molecule has 0 saturated heterocycles. The fourth-order valence-electron chi connectivity index (χ4n) is 1.78. The summed E-state index contributed by atoms with van der Waals surface area (Å²) in [5.74, 6) is 0.501. The SMILES string of the molecule is CCCCC(NC(=O)OC(C)(C)C)C(=O)CNCC(C)C. The van der Waals surface area contributed by atoms with E-state index >= 15 is 0 Å². The minimum Gasteiger partial charge on any atom is -0.444 e. The maximum Gasteiger partial charge on any atom is 0.408 e. The highest BCUT2D eigenvalue weighted by atomic mass is 16.6. The van der Waals surface area contributed by atoms with Crippen molar-refractivity contribution in [2.75, 3.05) is 13.1 Å². The quantitative estimate of drug-likeness (QED) is 0.687. The van der Waals surface area contributed by atoms with Crippen LogP contribution in [0.1, 0.15) is 60.8 Å². The van der Waals surface area contributed by atoms with Crippen molar-refractivity contribution in [3.63, 3.8) is 0 Å². The molecule has 124 valence electrons. The maximum absolute atomic E-state index is 12.2. The number of ketones is 1. The number of hydrogen-bond acceptors (Lipinski definition) is 4. The lowest BCUT2D eigenvalue weighted by Gasteiger charge is -2.23. The predicted molar refractivity (Wildman–Crippen MR) is 85.4 cm³/mol. The van der Waals surface area contributed by atoms with E-state index in [0.29, 0.717) is 12.3 Å². The first-order chi connectivity index (χ1) is 9.65. The van der Waals surface area contributed by atoms with Crippen molar-refractivity contribution in [1.29, 1.82) is 0 Å². The van der Waals surface area contributed by atoms with Gasteiger partial charge in [0.1, 0.15) is 5.60 Å². The summed E-state index contributed by atoms with van der Waals surface area (Å²) >= 11 is 0. The molecule has 0 aromatic carbocycles. The second kappa shape index (κ2) is 9.77. The Labute approximate surface area is 129 Å². The van der Waals surface area contributed by atoms with Gasteiger partial charge in [-0.05, 0) is 39.7 Å². The normalized spacial score (nSPS) is 13.1. The number of nitrogens with one attached hydrogen (secondary N) is 2. The van der Waals surface area contributed by atoms with Gasteiger partial charge in [0, 0.05) is 0 Å². The van der Waals surface area contributed by atoms with Crippen LogP contribution >= 0.6 is 0 Å². The van der Waals surface area contributed by atoms with Crippen molar-refractivity contribution >= 4 is 11.9 Å². The molecule has 0 aromatic rings. The van der Waals surface area contributed by atoms with Gasteiger partial charge in [-0.1, -0.05) is 33.6 Å². The van der Waals surface area contributed by atoms with Gasteiger partial charge in [0.15, 0.2) is 5.78 Å². The third-order valence-corrected chi connectivity index (χ3v) is 2.78. The van der Waals surface area contributed by atoms with Gasteiger partial charge in [0.2, 0.25) is 0 Å². The first-order valence-electron chi connectivity index (χ1n) is 7.88. The Morgan fingerprint density at radius 3 is 2.29 bits per heavy atom. The first-order valence-corrected chi connectivity index (χ1v) is 7.88. The summed E-state index contributed by atoms with van der Waals surface area (Å²) in [6, 6.07) is -0.473. The molecule has 21 heavy (non-hydrogen) atoms. The van der Waals surface area contributed by atoms with Crippen LogP contribution in [0.3, 0.4) is 0 Å². The van der Waals surface area contributed by atoms with Crippen molar-refractivity contribution in [2.24, 2.45) is 5.92 Å². The smallest absolute Gasteiger partial charge is 0.408 e. The zero-order valence-corrected chi connectivity index (χ0v) is 14.4. The fourth-order valence-corrected chi connectivity index (χ4v) is 1.78. The molecule has 0 bridgehead atoms. The molecule has 5 nitrogen and oxygen atoms in total. The van der Waals surface area contributed by atoms with E-state index in [2.05, 4.69) is 31.4 Å². The third kappa shape index (κ3) is 11.3. The van der Waals surface area contributed by atoms with Crippen LogP contribution in [-0.2, 0) is 9.53 Å². The molecule has 0 aliphatic carbocycles. The van der Waals surface area contributed by atoms with E-state index in [1.807, 2.05) is 0 Å².